The van der Waals surface area contributed by atoms with Crippen molar-refractivity contribution in [3.63, 3.8) is 0 Å². The first-order valence-corrected chi connectivity index (χ1v) is 6.59. The van der Waals surface area contributed by atoms with Gasteiger partial charge in [-0.15, -0.1) is 0 Å². The number of hydrogen-bond acceptors (Lipinski definition) is 4. The Morgan fingerprint density at radius 1 is 1.15 bits per heavy atom. The second-order valence-corrected chi connectivity index (χ2v) is 4.59. The summed E-state index contributed by atoms with van der Waals surface area (Å²) >= 11 is 0. The van der Waals surface area contributed by atoms with Gasteiger partial charge < -0.3 is 14.6 Å². The van der Waals surface area contributed by atoms with E-state index < -0.39 is 6.10 Å². The molecule has 1 aromatic carbocycles. The molecule has 0 spiro atoms. The highest BCUT2D eigenvalue weighted by atomic mass is 16.5. The number of aliphatic hydroxyl groups excluding tert-OH is 1. The molecule has 0 unspecified atom stereocenters. The molecule has 0 aliphatic carbocycles. The Kier molecular flexibility index (Phi) is 5.09. The molecule has 0 amide bonds. The third-order valence-corrected chi connectivity index (χ3v) is 2.98. The molecule has 20 heavy (non-hydrogen) atoms. The first-order valence-electron chi connectivity index (χ1n) is 6.59. The van der Waals surface area contributed by atoms with Gasteiger partial charge in [-0.2, -0.15) is 0 Å². The molecule has 4 heteroatoms. The summed E-state index contributed by atoms with van der Waals surface area (Å²) in [5, 5.41) is 9.41. The van der Waals surface area contributed by atoms with E-state index in [-0.39, 0.29) is 0 Å². The van der Waals surface area contributed by atoms with Gasteiger partial charge in [-0.05, 0) is 42.7 Å². The van der Waals surface area contributed by atoms with Crippen LogP contribution in [0.3, 0.4) is 0 Å². The molecule has 1 N–H and O–H groups in total. The van der Waals surface area contributed by atoms with Crippen LogP contribution in [-0.4, -0.2) is 23.8 Å². The highest BCUT2D eigenvalue weighted by Crippen LogP contribution is 2.21. The molecule has 0 bridgehead atoms. The normalized spacial score (nSPS) is 12.2. The third-order valence-electron chi connectivity index (χ3n) is 2.98. The van der Waals surface area contributed by atoms with Crippen molar-refractivity contribution in [2.45, 2.75) is 19.4 Å². The van der Waals surface area contributed by atoms with Gasteiger partial charge >= 0.3 is 0 Å². The lowest BCUT2D eigenvalue weighted by molar-refractivity contribution is 0.198. The molecule has 0 radical (unpaired) electrons. The highest BCUT2D eigenvalue weighted by molar-refractivity contribution is 5.31. The van der Waals surface area contributed by atoms with E-state index >= 15 is 0 Å². The Hall–Kier alpha value is -1.91. The fraction of sp³-hybridized carbons (Fsp3) is 0.312. The summed E-state index contributed by atoms with van der Waals surface area (Å²) in [6.07, 6.45) is 1.99. The van der Waals surface area contributed by atoms with E-state index in [1.165, 1.54) is 5.56 Å². The second kappa shape index (κ2) is 7.03. The van der Waals surface area contributed by atoms with E-state index in [0.717, 1.165) is 17.7 Å². The van der Waals surface area contributed by atoms with Crippen LogP contribution >= 0.6 is 0 Å². The maximum absolute atomic E-state index is 9.41. The Labute approximate surface area is 119 Å². The predicted molar refractivity (Wildman–Crippen MR) is 77.0 cm³/mol. The summed E-state index contributed by atoms with van der Waals surface area (Å²) < 4.78 is 10.7. The van der Waals surface area contributed by atoms with Crippen LogP contribution in [0.5, 0.6) is 11.6 Å². The van der Waals surface area contributed by atoms with Crippen LogP contribution in [0.15, 0.2) is 42.6 Å². The number of methoxy groups -OCH3 is 1. The maximum Gasteiger partial charge on any atom is 0.219 e. The second-order valence-electron chi connectivity index (χ2n) is 4.59. The molecule has 2 rings (SSSR count). The van der Waals surface area contributed by atoms with Crippen LogP contribution < -0.4 is 4.74 Å². The van der Waals surface area contributed by atoms with Crippen molar-refractivity contribution in [2.24, 2.45) is 0 Å². The van der Waals surface area contributed by atoms with Crippen molar-refractivity contribution < 1.29 is 14.6 Å². The quantitative estimate of drug-likeness (QED) is 0.878. The van der Waals surface area contributed by atoms with Crippen molar-refractivity contribution in [1.29, 1.82) is 0 Å². The van der Waals surface area contributed by atoms with Crippen LogP contribution in [-0.2, 0) is 11.2 Å². The standard InChI is InChI=1S/C16H19NO3/c1-12(18)14-5-8-16(17-11-14)20-15-6-3-13(4-7-15)9-10-19-2/h3-8,11-12,18H,9-10H2,1-2H3/t12-/m1/s1. The third kappa shape index (κ3) is 4.05. The van der Waals surface area contributed by atoms with Crippen molar-refractivity contribution in [2.75, 3.05) is 13.7 Å². The Bertz CT molecular complexity index is 520. The Morgan fingerprint density at radius 2 is 1.90 bits per heavy atom. The van der Waals surface area contributed by atoms with Gasteiger partial charge in [0.15, 0.2) is 0 Å². The number of hydrogen-bond donors (Lipinski definition) is 1. The summed E-state index contributed by atoms with van der Waals surface area (Å²) in [6, 6.07) is 11.4. The minimum absolute atomic E-state index is 0.513. The summed E-state index contributed by atoms with van der Waals surface area (Å²) in [7, 11) is 1.69. The van der Waals surface area contributed by atoms with Gasteiger partial charge in [0.2, 0.25) is 5.88 Å². The first-order chi connectivity index (χ1) is 9.69. The predicted octanol–water partition coefficient (Wildman–Crippen LogP) is 3.12. The lowest BCUT2D eigenvalue weighted by atomic mass is 10.1. The lowest BCUT2D eigenvalue weighted by Gasteiger charge is -2.08. The summed E-state index contributed by atoms with van der Waals surface area (Å²) in [6.45, 7) is 2.42. The average molecular weight is 273 g/mol. The van der Waals surface area contributed by atoms with Gasteiger partial charge in [0, 0.05) is 19.4 Å². The van der Waals surface area contributed by atoms with Crippen LogP contribution in [0, 0.1) is 0 Å². The van der Waals surface area contributed by atoms with E-state index in [1.54, 1.807) is 32.4 Å². The first kappa shape index (κ1) is 14.5. The van der Waals surface area contributed by atoms with Gasteiger partial charge in [0.05, 0.1) is 12.7 Å². The Balaban J connectivity index is 1.98. The zero-order valence-corrected chi connectivity index (χ0v) is 11.7. The molecular formula is C16H19NO3. The van der Waals surface area contributed by atoms with Crippen molar-refractivity contribution >= 4 is 0 Å². The fourth-order valence-corrected chi connectivity index (χ4v) is 1.76. The molecule has 2 aromatic rings. The number of ether oxygens (including phenoxy) is 2. The fourth-order valence-electron chi connectivity index (χ4n) is 1.76. The van der Waals surface area contributed by atoms with Crippen LogP contribution in [0.1, 0.15) is 24.2 Å². The number of benzene rings is 1. The van der Waals surface area contributed by atoms with Crippen molar-refractivity contribution in [1.82, 2.24) is 4.98 Å². The Morgan fingerprint density at radius 3 is 2.45 bits per heavy atom. The highest BCUT2D eigenvalue weighted by Gasteiger charge is 2.03. The molecule has 0 saturated heterocycles. The number of pyridine rings is 1. The van der Waals surface area contributed by atoms with Gasteiger partial charge in [-0.25, -0.2) is 4.98 Å². The van der Waals surface area contributed by atoms with E-state index in [4.69, 9.17) is 9.47 Å². The largest absolute Gasteiger partial charge is 0.439 e. The number of rotatable bonds is 6. The van der Waals surface area contributed by atoms with E-state index in [1.807, 2.05) is 24.3 Å². The zero-order valence-electron chi connectivity index (χ0n) is 11.7. The monoisotopic (exact) mass is 273 g/mol. The number of aromatic nitrogens is 1. The molecule has 1 atom stereocenters. The van der Waals surface area contributed by atoms with Gasteiger partial charge in [0.25, 0.3) is 0 Å². The minimum Gasteiger partial charge on any atom is -0.439 e. The van der Waals surface area contributed by atoms with Crippen LogP contribution in [0.25, 0.3) is 0 Å². The van der Waals surface area contributed by atoms with E-state index in [2.05, 4.69) is 4.98 Å². The van der Waals surface area contributed by atoms with Crippen LogP contribution in [0.4, 0.5) is 0 Å². The van der Waals surface area contributed by atoms with Crippen molar-refractivity contribution in [3.8, 4) is 11.6 Å². The molecule has 0 fully saturated rings. The van der Waals surface area contributed by atoms with Crippen molar-refractivity contribution in [3.05, 3.63) is 53.7 Å². The molecular weight excluding hydrogens is 254 g/mol. The van der Waals surface area contributed by atoms with E-state index in [0.29, 0.717) is 12.5 Å². The van der Waals surface area contributed by atoms with Gasteiger partial charge in [-0.1, -0.05) is 12.1 Å². The topological polar surface area (TPSA) is 51.6 Å². The summed E-state index contributed by atoms with van der Waals surface area (Å²) in [5.74, 6) is 1.25. The summed E-state index contributed by atoms with van der Waals surface area (Å²) in [4.78, 5) is 4.17. The molecule has 106 valence electrons. The molecule has 0 aliphatic heterocycles. The SMILES string of the molecule is COCCc1ccc(Oc2ccc([C@@H](C)O)cn2)cc1. The lowest BCUT2D eigenvalue weighted by Crippen LogP contribution is -1.95. The molecule has 1 heterocycles. The van der Waals surface area contributed by atoms with Crippen LogP contribution in [0.2, 0.25) is 0 Å². The molecule has 1 aromatic heterocycles. The number of nitrogens with zero attached hydrogens (tertiary/aromatic N) is 1. The van der Waals surface area contributed by atoms with E-state index in [9.17, 15) is 5.11 Å². The van der Waals surface area contributed by atoms with Gasteiger partial charge in [-0.3, -0.25) is 0 Å². The maximum atomic E-state index is 9.41. The number of aliphatic hydroxyl groups is 1. The minimum atomic E-state index is -0.517. The van der Waals surface area contributed by atoms with Gasteiger partial charge in [0.1, 0.15) is 5.75 Å². The zero-order chi connectivity index (χ0) is 14.4. The molecule has 0 saturated carbocycles. The molecule has 0 aliphatic rings. The average Bonchev–Trinajstić information content (AvgIpc) is 2.47. The smallest absolute Gasteiger partial charge is 0.219 e. The summed E-state index contributed by atoms with van der Waals surface area (Å²) in [5.41, 5.74) is 1.98. The molecule has 4 nitrogen and oxygen atoms in total.